The van der Waals surface area contributed by atoms with E-state index in [1.54, 1.807) is 7.11 Å². The van der Waals surface area contributed by atoms with Crippen LogP contribution < -0.4 is 4.74 Å². The molecule has 1 aromatic carbocycles. The van der Waals surface area contributed by atoms with Crippen LogP contribution in [0.5, 0.6) is 5.75 Å². The summed E-state index contributed by atoms with van der Waals surface area (Å²) in [5, 5.41) is 10.4. The molecule has 0 aliphatic carbocycles. The molecule has 0 aromatic heterocycles. The summed E-state index contributed by atoms with van der Waals surface area (Å²) in [7, 11) is 1.64. The van der Waals surface area contributed by atoms with Crippen molar-refractivity contribution in [2.75, 3.05) is 7.11 Å². The van der Waals surface area contributed by atoms with Gasteiger partial charge in [-0.25, -0.2) is 0 Å². The van der Waals surface area contributed by atoms with Gasteiger partial charge in [0.05, 0.1) is 13.2 Å². The number of ether oxygens (including phenoxy) is 1. The van der Waals surface area contributed by atoms with Crippen LogP contribution in [0.1, 0.15) is 31.9 Å². The highest BCUT2D eigenvalue weighted by atomic mass is 16.5. The molecular weight excluding hydrogens is 212 g/mol. The Morgan fingerprint density at radius 1 is 1.29 bits per heavy atom. The fourth-order valence-corrected chi connectivity index (χ4v) is 2.01. The Hall–Kier alpha value is -1.28. The molecule has 0 unspecified atom stereocenters. The van der Waals surface area contributed by atoms with Gasteiger partial charge in [-0.15, -0.1) is 6.58 Å². The fraction of sp³-hybridized carbons (Fsp3) is 0.467. The largest absolute Gasteiger partial charge is 0.497 e. The second kappa shape index (κ2) is 6.45. The fourth-order valence-electron chi connectivity index (χ4n) is 2.01. The molecule has 0 saturated heterocycles. The summed E-state index contributed by atoms with van der Waals surface area (Å²) in [6, 6.07) is 7.59. The van der Waals surface area contributed by atoms with E-state index in [1.165, 1.54) is 0 Å². The lowest BCUT2D eigenvalue weighted by Crippen LogP contribution is -2.17. The van der Waals surface area contributed by atoms with Gasteiger partial charge in [0.15, 0.2) is 0 Å². The molecule has 0 spiro atoms. The first-order valence-corrected chi connectivity index (χ1v) is 6.03. The molecule has 0 amide bonds. The Morgan fingerprint density at radius 3 is 2.29 bits per heavy atom. The van der Waals surface area contributed by atoms with Crippen molar-refractivity contribution in [2.24, 2.45) is 11.8 Å². The minimum atomic E-state index is -0.445. The Balaban J connectivity index is 2.84. The van der Waals surface area contributed by atoms with Crippen molar-refractivity contribution >= 4 is 0 Å². The number of allylic oxidation sites excluding steroid dienone is 1. The van der Waals surface area contributed by atoms with Crippen LogP contribution in [0.2, 0.25) is 0 Å². The molecule has 0 heterocycles. The topological polar surface area (TPSA) is 29.5 Å². The van der Waals surface area contributed by atoms with Crippen molar-refractivity contribution in [3.8, 4) is 5.75 Å². The van der Waals surface area contributed by atoms with Crippen molar-refractivity contribution in [3.63, 3.8) is 0 Å². The zero-order chi connectivity index (χ0) is 12.8. The van der Waals surface area contributed by atoms with Gasteiger partial charge in [-0.2, -0.15) is 0 Å². The van der Waals surface area contributed by atoms with Gasteiger partial charge in [-0.1, -0.05) is 32.1 Å². The van der Waals surface area contributed by atoms with E-state index in [0.717, 1.165) is 17.7 Å². The van der Waals surface area contributed by atoms with Gasteiger partial charge < -0.3 is 9.84 Å². The first kappa shape index (κ1) is 13.8. The smallest absolute Gasteiger partial charge is 0.118 e. The summed E-state index contributed by atoms with van der Waals surface area (Å²) < 4.78 is 5.11. The molecular formula is C15H22O2. The van der Waals surface area contributed by atoms with Gasteiger partial charge in [-0.05, 0) is 36.0 Å². The van der Waals surface area contributed by atoms with Crippen LogP contribution in [-0.4, -0.2) is 12.2 Å². The van der Waals surface area contributed by atoms with Crippen LogP contribution in [0, 0.1) is 11.8 Å². The SMILES string of the molecule is C=CC[C@@H](C(C)C)[C@H](O)c1ccc(OC)cc1. The minimum absolute atomic E-state index is 0.209. The van der Waals surface area contributed by atoms with Crippen molar-refractivity contribution in [1.29, 1.82) is 0 Å². The number of hydrogen-bond acceptors (Lipinski definition) is 2. The van der Waals surface area contributed by atoms with Crippen molar-refractivity contribution < 1.29 is 9.84 Å². The van der Waals surface area contributed by atoms with Gasteiger partial charge in [0.25, 0.3) is 0 Å². The van der Waals surface area contributed by atoms with E-state index < -0.39 is 6.10 Å². The first-order valence-electron chi connectivity index (χ1n) is 6.03. The molecule has 0 fully saturated rings. The number of rotatable bonds is 6. The molecule has 17 heavy (non-hydrogen) atoms. The maximum Gasteiger partial charge on any atom is 0.118 e. The van der Waals surface area contributed by atoms with E-state index in [4.69, 9.17) is 4.74 Å². The molecule has 0 radical (unpaired) electrons. The van der Waals surface area contributed by atoms with Crippen molar-refractivity contribution in [2.45, 2.75) is 26.4 Å². The van der Waals surface area contributed by atoms with Crippen LogP contribution in [-0.2, 0) is 0 Å². The molecule has 0 aliphatic heterocycles. The summed E-state index contributed by atoms with van der Waals surface area (Å²) in [4.78, 5) is 0. The van der Waals surface area contributed by atoms with Crippen LogP contribution in [0.25, 0.3) is 0 Å². The third-order valence-corrected chi connectivity index (χ3v) is 3.16. The van der Waals surface area contributed by atoms with E-state index in [-0.39, 0.29) is 5.92 Å². The van der Waals surface area contributed by atoms with Gasteiger partial charge >= 0.3 is 0 Å². The zero-order valence-corrected chi connectivity index (χ0v) is 10.9. The molecule has 1 rings (SSSR count). The van der Waals surface area contributed by atoms with Crippen LogP contribution in [0.3, 0.4) is 0 Å². The molecule has 1 N–H and O–H groups in total. The number of aliphatic hydroxyl groups is 1. The maximum atomic E-state index is 10.4. The lowest BCUT2D eigenvalue weighted by Gasteiger charge is -2.25. The quantitative estimate of drug-likeness (QED) is 0.762. The third-order valence-electron chi connectivity index (χ3n) is 3.16. The lowest BCUT2D eigenvalue weighted by molar-refractivity contribution is 0.0828. The van der Waals surface area contributed by atoms with Gasteiger partial charge in [0.2, 0.25) is 0 Å². The first-order chi connectivity index (χ1) is 8.10. The van der Waals surface area contributed by atoms with E-state index in [0.29, 0.717) is 5.92 Å². The standard InChI is InChI=1S/C15H22O2/c1-5-6-14(11(2)3)15(16)12-7-9-13(17-4)10-8-12/h5,7-11,14-16H,1,6H2,2-4H3/t14-,15+/m0/s1. The van der Waals surface area contributed by atoms with E-state index in [1.807, 2.05) is 30.3 Å². The highest BCUT2D eigenvalue weighted by Crippen LogP contribution is 2.31. The number of methoxy groups -OCH3 is 1. The molecule has 0 aliphatic rings. The molecule has 2 nitrogen and oxygen atoms in total. The van der Waals surface area contributed by atoms with Gasteiger partial charge in [0.1, 0.15) is 5.75 Å². The highest BCUT2D eigenvalue weighted by molar-refractivity contribution is 5.28. The summed E-state index contributed by atoms with van der Waals surface area (Å²) in [6.45, 7) is 8.01. The predicted molar refractivity (Wildman–Crippen MR) is 71.1 cm³/mol. The molecule has 2 atom stereocenters. The predicted octanol–water partition coefficient (Wildman–Crippen LogP) is 3.58. The normalized spacial score (nSPS) is 14.4. The van der Waals surface area contributed by atoms with E-state index in [9.17, 15) is 5.11 Å². The molecule has 0 saturated carbocycles. The highest BCUT2D eigenvalue weighted by Gasteiger charge is 2.22. The second-order valence-corrected chi connectivity index (χ2v) is 4.65. The maximum absolute atomic E-state index is 10.4. The average molecular weight is 234 g/mol. The Morgan fingerprint density at radius 2 is 1.88 bits per heavy atom. The Labute approximate surface area is 104 Å². The van der Waals surface area contributed by atoms with Crippen molar-refractivity contribution in [3.05, 3.63) is 42.5 Å². The summed E-state index contributed by atoms with van der Waals surface area (Å²) in [5.41, 5.74) is 0.936. The van der Waals surface area contributed by atoms with Gasteiger partial charge in [0, 0.05) is 0 Å². The van der Waals surface area contributed by atoms with Crippen LogP contribution >= 0.6 is 0 Å². The van der Waals surface area contributed by atoms with E-state index in [2.05, 4.69) is 20.4 Å². The zero-order valence-electron chi connectivity index (χ0n) is 10.9. The molecule has 0 bridgehead atoms. The summed E-state index contributed by atoms with van der Waals surface area (Å²) >= 11 is 0. The van der Waals surface area contributed by atoms with Gasteiger partial charge in [-0.3, -0.25) is 0 Å². The summed E-state index contributed by atoms with van der Waals surface area (Å²) in [5.74, 6) is 1.44. The summed E-state index contributed by atoms with van der Waals surface area (Å²) in [6.07, 6.45) is 2.25. The van der Waals surface area contributed by atoms with E-state index >= 15 is 0 Å². The molecule has 1 aromatic rings. The second-order valence-electron chi connectivity index (χ2n) is 4.65. The van der Waals surface area contributed by atoms with Crippen molar-refractivity contribution in [1.82, 2.24) is 0 Å². The Kier molecular flexibility index (Phi) is 5.23. The molecule has 2 heteroatoms. The minimum Gasteiger partial charge on any atom is -0.497 e. The lowest BCUT2D eigenvalue weighted by atomic mass is 9.84. The monoisotopic (exact) mass is 234 g/mol. The number of hydrogen-bond donors (Lipinski definition) is 1. The van der Waals surface area contributed by atoms with Crippen LogP contribution in [0.15, 0.2) is 36.9 Å². The number of aliphatic hydroxyl groups excluding tert-OH is 1. The van der Waals surface area contributed by atoms with Crippen LogP contribution in [0.4, 0.5) is 0 Å². The molecule has 94 valence electrons. The number of benzene rings is 1. The Bertz CT molecular complexity index is 340. The average Bonchev–Trinajstić information content (AvgIpc) is 2.35. The third kappa shape index (κ3) is 3.60.